The summed E-state index contributed by atoms with van der Waals surface area (Å²) >= 11 is 0. The van der Waals surface area contributed by atoms with Crippen LogP contribution in [0.25, 0.3) is 10.9 Å². The first-order valence-electron chi connectivity index (χ1n) is 9.79. The van der Waals surface area contributed by atoms with Gasteiger partial charge in [-0.1, -0.05) is 24.3 Å². The van der Waals surface area contributed by atoms with Gasteiger partial charge in [-0.3, -0.25) is 9.59 Å². The molecule has 150 valence electrons. The first-order chi connectivity index (χ1) is 14.0. The third-order valence-corrected chi connectivity index (χ3v) is 5.33. The molecule has 1 fully saturated rings. The maximum Gasteiger partial charge on any atom is 0.254 e. The highest BCUT2D eigenvalue weighted by Crippen LogP contribution is 2.19. The summed E-state index contributed by atoms with van der Waals surface area (Å²) in [5.74, 6) is -0.782. The lowest BCUT2D eigenvalue weighted by Gasteiger charge is -2.25. The molecule has 29 heavy (non-hydrogen) atoms. The van der Waals surface area contributed by atoms with Crippen LogP contribution in [0.4, 0.5) is 4.39 Å². The zero-order valence-corrected chi connectivity index (χ0v) is 16.3. The number of carbonyl (C=O) groups is 1. The SMILES string of the molecule is Cc1cccc2cc(CN(CC3CCCO3)C(=O)c3cccc(F)c3)c(=O)[nH]c12. The Morgan fingerprint density at radius 1 is 1.24 bits per heavy atom. The number of aromatic amines is 1. The highest BCUT2D eigenvalue weighted by Gasteiger charge is 2.24. The normalized spacial score (nSPS) is 16.3. The molecule has 5 nitrogen and oxygen atoms in total. The fourth-order valence-corrected chi connectivity index (χ4v) is 3.81. The molecule has 1 aromatic heterocycles. The van der Waals surface area contributed by atoms with Crippen LogP contribution < -0.4 is 5.56 Å². The first-order valence-corrected chi connectivity index (χ1v) is 9.79. The van der Waals surface area contributed by atoms with Crippen molar-refractivity contribution in [1.82, 2.24) is 9.88 Å². The Kier molecular flexibility index (Phi) is 5.45. The third kappa shape index (κ3) is 4.22. The molecule has 0 radical (unpaired) electrons. The van der Waals surface area contributed by atoms with Gasteiger partial charge in [0, 0.05) is 24.3 Å². The van der Waals surface area contributed by atoms with Crippen LogP contribution in [-0.4, -0.2) is 35.0 Å². The summed E-state index contributed by atoms with van der Waals surface area (Å²) < 4.78 is 19.3. The predicted octanol–water partition coefficient (Wildman–Crippen LogP) is 3.80. The van der Waals surface area contributed by atoms with E-state index in [0.717, 1.165) is 29.3 Å². The van der Waals surface area contributed by atoms with E-state index in [1.54, 1.807) is 11.0 Å². The average molecular weight is 394 g/mol. The molecule has 0 saturated carbocycles. The van der Waals surface area contributed by atoms with Crippen molar-refractivity contribution in [2.24, 2.45) is 0 Å². The Hall–Kier alpha value is -2.99. The number of H-pyrrole nitrogens is 1. The number of para-hydroxylation sites is 1. The van der Waals surface area contributed by atoms with E-state index in [-0.39, 0.29) is 29.7 Å². The Bertz CT molecular complexity index is 1100. The summed E-state index contributed by atoms with van der Waals surface area (Å²) in [5, 5.41) is 0.912. The van der Waals surface area contributed by atoms with Gasteiger partial charge in [-0.15, -0.1) is 0 Å². The van der Waals surface area contributed by atoms with Crippen molar-refractivity contribution in [3.05, 3.63) is 81.4 Å². The minimum Gasteiger partial charge on any atom is -0.376 e. The predicted molar refractivity (Wildman–Crippen MR) is 109 cm³/mol. The van der Waals surface area contributed by atoms with Gasteiger partial charge in [-0.2, -0.15) is 0 Å². The zero-order valence-electron chi connectivity index (χ0n) is 16.3. The third-order valence-electron chi connectivity index (χ3n) is 5.33. The number of hydrogen-bond donors (Lipinski definition) is 1. The number of aryl methyl sites for hydroxylation is 1. The molecule has 1 aliphatic heterocycles. The van der Waals surface area contributed by atoms with Crippen molar-refractivity contribution < 1.29 is 13.9 Å². The van der Waals surface area contributed by atoms with Crippen LogP contribution in [0, 0.1) is 12.7 Å². The Balaban J connectivity index is 1.67. The molecule has 2 heterocycles. The fraction of sp³-hybridized carbons (Fsp3) is 0.304. The maximum atomic E-state index is 13.6. The fourth-order valence-electron chi connectivity index (χ4n) is 3.81. The van der Waals surface area contributed by atoms with Gasteiger partial charge in [0.05, 0.1) is 18.2 Å². The standard InChI is InChI=1S/C23H23FN2O3/c1-15-5-2-6-16-11-18(22(27)25-21(15)16)13-26(14-20-9-4-10-29-20)23(28)17-7-3-8-19(24)12-17/h2-3,5-8,11-12,20H,4,9-10,13-14H2,1H3,(H,25,27). The van der Waals surface area contributed by atoms with Crippen LogP contribution in [0.1, 0.15) is 34.3 Å². The molecular formula is C23H23FN2O3. The molecular weight excluding hydrogens is 371 g/mol. The van der Waals surface area contributed by atoms with Gasteiger partial charge in [-0.05, 0) is 55.0 Å². The van der Waals surface area contributed by atoms with Crippen molar-refractivity contribution in [2.75, 3.05) is 13.2 Å². The molecule has 1 aliphatic rings. The van der Waals surface area contributed by atoms with Crippen molar-refractivity contribution in [2.45, 2.75) is 32.4 Å². The Morgan fingerprint density at radius 2 is 2.07 bits per heavy atom. The van der Waals surface area contributed by atoms with E-state index in [4.69, 9.17) is 4.74 Å². The molecule has 4 rings (SSSR count). The lowest BCUT2D eigenvalue weighted by molar-refractivity contribution is 0.0506. The van der Waals surface area contributed by atoms with E-state index >= 15 is 0 Å². The number of nitrogens with zero attached hydrogens (tertiary/aromatic N) is 1. The van der Waals surface area contributed by atoms with Crippen molar-refractivity contribution in [3.8, 4) is 0 Å². The minimum absolute atomic E-state index is 0.0747. The summed E-state index contributed by atoms with van der Waals surface area (Å²) in [5.41, 5.74) is 2.31. The van der Waals surface area contributed by atoms with Crippen molar-refractivity contribution in [1.29, 1.82) is 0 Å². The number of hydrogen-bond acceptors (Lipinski definition) is 3. The number of ether oxygens (including phenoxy) is 1. The van der Waals surface area contributed by atoms with Crippen molar-refractivity contribution >= 4 is 16.8 Å². The minimum atomic E-state index is -0.466. The second-order valence-electron chi connectivity index (χ2n) is 7.49. The number of fused-ring (bicyclic) bond motifs is 1. The first kappa shape index (κ1) is 19.3. The quantitative estimate of drug-likeness (QED) is 0.716. The molecule has 0 spiro atoms. The van der Waals surface area contributed by atoms with Gasteiger partial charge in [0.15, 0.2) is 0 Å². The van der Waals surface area contributed by atoms with E-state index in [1.807, 2.05) is 31.2 Å². The van der Waals surface area contributed by atoms with Gasteiger partial charge >= 0.3 is 0 Å². The summed E-state index contributed by atoms with van der Waals surface area (Å²) in [7, 11) is 0. The zero-order chi connectivity index (χ0) is 20.4. The van der Waals surface area contributed by atoms with Crippen LogP contribution in [-0.2, 0) is 11.3 Å². The highest BCUT2D eigenvalue weighted by molar-refractivity contribution is 5.94. The van der Waals surface area contributed by atoms with E-state index in [1.165, 1.54) is 18.2 Å². The number of carbonyl (C=O) groups excluding carboxylic acids is 1. The number of benzene rings is 2. The number of pyridine rings is 1. The van der Waals surface area contributed by atoms with E-state index in [0.29, 0.717) is 18.7 Å². The van der Waals surface area contributed by atoms with Crippen molar-refractivity contribution in [3.63, 3.8) is 0 Å². The molecule has 6 heteroatoms. The number of halogens is 1. The monoisotopic (exact) mass is 394 g/mol. The molecule has 1 unspecified atom stereocenters. The maximum absolute atomic E-state index is 13.6. The molecule has 1 N–H and O–H groups in total. The van der Waals surface area contributed by atoms with E-state index in [2.05, 4.69) is 4.98 Å². The van der Waals surface area contributed by atoms with Crippen LogP contribution in [0.2, 0.25) is 0 Å². The highest BCUT2D eigenvalue weighted by atomic mass is 19.1. The van der Waals surface area contributed by atoms with Gasteiger partial charge < -0.3 is 14.6 Å². The summed E-state index contributed by atoms with van der Waals surface area (Å²) in [6.07, 6.45) is 1.73. The van der Waals surface area contributed by atoms with Gasteiger partial charge in [0.2, 0.25) is 0 Å². The molecule has 1 saturated heterocycles. The van der Waals surface area contributed by atoms with E-state index < -0.39 is 5.82 Å². The Labute approximate surface area is 168 Å². The van der Waals surface area contributed by atoms with Crippen LogP contribution in [0.3, 0.4) is 0 Å². The number of aromatic nitrogens is 1. The Morgan fingerprint density at radius 3 is 2.83 bits per heavy atom. The lowest BCUT2D eigenvalue weighted by atomic mass is 10.1. The van der Waals surface area contributed by atoms with Gasteiger partial charge in [-0.25, -0.2) is 4.39 Å². The smallest absolute Gasteiger partial charge is 0.254 e. The summed E-state index contributed by atoms with van der Waals surface area (Å²) in [6.45, 7) is 3.10. The molecule has 2 aromatic carbocycles. The number of rotatable bonds is 5. The molecule has 0 bridgehead atoms. The second kappa shape index (κ2) is 8.17. The summed E-state index contributed by atoms with van der Waals surface area (Å²) in [4.78, 5) is 30.3. The lowest BCUT2D eigenvalue weighted by Crippen LogP contribution is -2.38. The molecule has 0 aliphatic carbocycles. The van der Waals surface area contributed by atoms with E-state index in [9.17, 15) is 14.0 Å². The van der Waals surface area contributed by atoms with Crippen LogP contribution in [0.15, 0.2) is 53.3 Å². The molecule has 3 aromatic rings. The summed E-state index contributed by atoms with van der Waals surface area (Å²) in [6, 6.07) is 13.2. The van der Waals surface area contributed by atoms with Gasteiger partial charge in [0.25, 0.3) is 11.5 Å². The molecule has 1 atom stereocenters. The molecule has 1 amide bonds. The topological polar surface area (TPSA) is 62.4 Å². The average Bonchev–Trinajstić information content (AvgIpc) is 3.21. The number of amides is 1. The number of nitrogens with one attached hydrogen (secondary N) is 1. The van der Waals surface area contributed by atoms with Crippen LogP contribution >= 0.6 is 0 Å². The largest absolute Gasteiger partial charge is 0.376 e. The second-order valence-corrected chi connectivity index (χ2v) is 7.49. The van der Waals surface area contributed by atoms with Crippen LogP contribution in [0.5, 0.6) is 0 Å². The van der Waals surface area contributed by atoms with Gasteiger partial charge in [0.1, 0.15) is 5.82 Å².